The molecule has 0 bridgehead atoms. The lowest BCUT2D eigenvalue weighted by atomic mass is 10.1. The molecule has 0 unspecified atom stereocenters. The second-order valence-electron chi connectivity index (χ2n) is 6.10. The molecule has 3 rings (SSSR count). The van der Waals surface area contributed by atoms with Gasteiger partial charge in [0.2, 0.25) is 0 Å². The third-order valence-electron chi connectivity index (χ3n) is 4.26. The van der Waals surface area contributed by atoms with E-state index in [1.54, 1.807) is 12.1 Å². The molecule has 7 heteroatoms. The standard InChI is InChI=1S/C18H17F2NO3S/c19-14-5-3-4-13(10-14)11-21(15-8-9-25(23,24)12-15)18(22)16-6-1-2-7-17(16)20/h1-7,10,15H,8-9,11-12H2/t15-/m1/s1. The molecule has 1 saturated heterocycles. The van der Waals surface area contributed by atoms with Gasteiger partial charge in [-0.3, -0.25) is 4.79 Å². The molecule has 132 valence electrons. The molecule has 1 atom stereocenters. The number of sulfone groups is 1. The maximum Gasteiger partial charge on any atom is 0.257 e. The first-order valence-electron chi connectivity index (χ1n) is 7.86. The van der Waals surface area contributed by atoms with Crippen LogP contribution in [0.25, 0.3) is 0 Å². The van der Waals surface area contributed by atoms with Gasteiger partial charge < -0.3 is 4.90 Å². The highest BCUT2D eigenvalue weighted by atomic mass is 32.2. The van der Waals surface area contributed by atoms with E-state index in [-0.39, 0.29) is 30.0 Å². The molecule has 0 aromatic heterocycles. The lowest BCUT2D eigenvalue weighted by Gasteiger charge is -2.28. The van der Waals surface area contributed by atoms with Gasteiger partial charge in [-0.1, -0.05) is 24.3 Å². The normalized spacial score (nSPS) is 18.9. The minimum absolute atomic E-state index is 0.0120. The Kier molecular flexibility index (Phi) is 4.85. The third kappa shape index (κ3) is 4.04. The first-order valence-corrected chi connectivity index (χ1v) is 9.68. The lowest BCUT2D eigenvalue weighted by Crippen LogP contribution is -2.41. The van der Waals surface area contributed by atoms with E-state index in [9.17, 15) is 22.0 Å². The van der Waals surface area contributed by atoms with Crippen LogP contribution in [0.15, 0.2) is 48.5 Å². The Bertz CT molecular complexity index is 899. The van der Waals surface area contributed by atoms with Crippen molar-refractivity contribution in [2.24, 2.45) is 0 Å². The van der Waals surface area contributed by atoms with E-state index in [1.807, 2.05) is 0 Å². The number of amides is 1. The maximum atomic E-state index is 14.0. The van der Waals surface area contributed by atoms with Crippen molar-refractivity contribution in [1.82, 2.24) is 4.90 Å². The summed E-state index contributed by atoms with van der Waals surface area (Å²) in [5.41, 5.74) is 0.400. The molecule has 0 spiro atoms. The second-order valence-corrected chi connectivity index (χ2v) is 8.33. The van der Waals surface area contributed by atoms with Gasteiger partial charge in [-0.25, -0.2) is 17.2 Å². The number of nitrogens with zero attached hydrogens (tertiary/aromatic N) is 1. The van der Waals surface area contributed by atoms with Crippen LogP contribution in [0, 0.1) is 11.6 Å². The Morgan fingerprint density at radius 1 is 1.12 bits per heavy atom. The van der Waals surface area contributed by atoms with Crippen LogP contribution in [0.3, 0.4) is 0 Å². The summed E-state index contributed by atoms with van der Waals surface area (Å²) >= 11 is 0. The van der Waals surface area contributed by atoms with Crippen molar-refractivity contribution in [3.63, 3.8) is 0 Å². The van der Waals surface area contributed by atoms with Crippen LogP contribution in [0.1, 0.15) is 22.3 Å². The van der Waals surface area contributed by atoms with E-state index < -0.39 is 33.4 Å². The number of benzene rings is 2. The topological polar surface area (TPSA) is 54.5 Å². The fraction of sp³-hybridized carbons (Fsp3) is 0.278. The zero-order chi connectivity index (χ0) is 18.0. The number of halogens is 2. The molecular weight excluding hydrogens is 348 g/mol. The van der Waals surface area contributed by atoms with E-state index in [0.29, 0.717) is 5.56 Å². The van der Waals surface area contributed by atoms with Gasteiger partial charge in [0.25, 0.3) is 5.91 Å². The molecule has 1 amide bonds. The predicted octanol–water partition coefficient (Wildman–Crippen LogP) is 2.79. The van der Waals surface area contributed by atoms with Gasteiger partial charge in [0, 0.05) is 12.6 Å². The van der Waals surface area contributed by atoms with Gasteiger partial charge >= 0.3 is 0 Å². The lowest BCUT2D eigenvalue weighted by molar-refractivity contribution is 0.0676. The molecule has 0 N–H and O–H groups in total. The summed E-state index contributed by atoms with van der Waals surface area (Å²) in [6.07, 6.45) is 0.290. The van der Waals surface area contributed by atoms with Crippen molar-refractivity contribution in [3.8, 4) is 0 Å². The van der Waals surface area contributed by atoms with Gasteiger partial charge in [-0.15, -0.1) is 0 Å². The van der Waals surface area contributed by atoms with Gasteiger partial charge in [0.15, 0.2) is 9.84 Å². The maximum absolute atomic E-state index is 14.0. The average molecular weight is 365 g/mol. The molecule has 1 aliphatic rings. The van der Waals surface area contributed by atoms with E-state index >= 15 is 0 Å². The Morgan fingerprint density at radius 3 is 2.52 bits per heavy atom. The van der Waals surface area contributed by atoms with Gasteiger partial charge in [0.1, 0.15) is 11.6 Å². The Morgan fingerprint density at radius 2 is 1.88 bits per heavy atom. The van der Waals surface area contributed by atoms with Crippen molar-refractivity contribution in [1.29, 1.82) is 0 Å². The number of hydrogen-bond donors (Lipinski definition) is 0. The molecule has 1 heterocycles. The third-order valence-corrected chi connectivity index (χ3v) is 6.01. The van der Waals surface area contributed by atoms with Crippen molar-refractivity contribution in [2.45, 2.75) is 19.0 Å². The summed E-state index contributed by atoms with van der Waals surface area (Å²) in [5.74, 6) is -1.89. The monoisotopic (exact) mass is 365 g/mol. The zero-order valence-electron chi connectivity index (χ0n) is 13.4. The zero-order valence-corrected chi connectivity index (χ0v) is 14.2. The molecule has 4 nitrogen and oxygen atoms in total. The van der Waals surface area contributed by atoms with Crippen LogP contribution in [-0.2, 0) is 16.4 Å². The van der Waals surface area contributed by atoms with Crippen LogP contribution in [-0.4, -0.2) is 36.8 Å². The molecule has 25 heavy (non-hydrogen) atoms. The molecule has 0 radical (unpaired) electrons. The summed E-state index contributed by atoms with van der Waals surface area (Å²) in [4.78, 5) is 14.2. The van der Waals surface area contributed by atoms with E-state index in [0.717, 1.165) is 0 Å². The first kappa shape index (κ1) is 17.5. The van der Waals surface area contributed by atoms with Crippen molar-refractivity contribution >= 4 is 15.7 Å². The van der Waals surface area contributed by atoms with Crippen LogP contribution in [0.5, 0.6) is 0 Å². The van der Waals surface area contributed by atoms with Crippen LogP contribution in [0.4, 0.5) is 8.78 Å². The molecule has 1 aliphatic heterocycles. The molecule has 0 aliphatic carbocycles. The minimum atomic E-state index is -3.23. The highest BCUT2D eigenvalue weighted by Gasteiger charge is 2.35. The number of hydrogen-bond acceptors (Lipinski definition) is 3. The summed E-state index contributed by atoms with van der Waals surface area (Å²) in [5, 5.41) is 0. The summed E-state index contributed by atoms with van der Waals surface area (Å²) in [6.45, 7) is 0.0190. The smallest absolute Gasteiger partial charge is 0.257 e. The molecular formula is C18H17F2NO3S. The van der Waals surface area contributed by atoms with Gasteiger partial charge in [0.05, 0.1) is 17.1 Å². The van der Waals surface area contributed by atoms with Crippen LogP contribution in [0.2, 0.25) is 0 Å². The fourth-order valence-corrected chi connectivity index (χ4v) is 4.74. The highest BCUT2D eigenvalue weighted by Crippen LogP contribution is 2.23. The summed E-state index contributed by atoms with van der Waals surface area (Å²) in [6, 6.07) is 10.7. The first-order chi connectivity index (χ1) is 11.9. The molecule has 2 aromatic carbocycles. The number of carbonyl (C=O) groups excluding carboxylic acids is 1. The molecule has 0 saturated carbocycles. The minimum Gasteiger partial charge on any atom is -0.330 e. The van der Waals surface area contributed by atoms with Gasteiger partial charge in [-0.2, -0.15) is 0 Å². The Balaban J connectivity index is 1.94. The quantitative estimate of drug-likeness (QED) is 0.837. The highest BCUT2D eigenvalue weighted by molar-refractivity contribution is 7.91. The Hall–Kier alpha value is -2.28. The van der Waals surface area contributed by atoms with Crippen molar-refractivity contribution < 1.29 is 22.0 Å². The van der Waals surface area contributed by atoms with Crippen molar-refractivity contribution in [3.05, 3.63) is 71.3 Å². The van der Waals surface area contributed by atoms with E-state index in [2.05, 4.69) is 0 Å². The Labute approximate surface area is 145 Å². The van der Waals surface area contributed by atoms with Crippen LogP contribution >= 0.6 is 0 Å². The molecule has 1 fully saturated rings. The fourth-order valence-electron chi connectivity index (χ4n) is 3.01. The second kappa shape index (κ2) is 6.92. The van der Waals surface area contributed by atoms with E-state index in [1.165, 1.54) is 41.3 Å². The summed E-state index contributed by atoms with van der Waals surface area (Å²) < 4.78 is 51.1. The number of carbonyl (C=O) groups is 1. The van der Waals surface area contributed by atoms with E-state index in [4.69, 9.17) is 0 Å². The average Bonchev–Trinajstić information content (AvgIpc) is 2.92. The SMILES string of the molecule is O=C(c1ccccc1F)N(Cc1cccc(F)c1)[C@@H]1CCS(=O)(=O)C1. The summed E-state index contributed by atoms with van der Waals surface area (Å²) in [7, 11) is -3.23. The molecule has 2 aromatic rings. The van der Waals surface area contributed by atoms with Gasteiger partial charge in [-0.05, 0) is 36.2 Å². The van der Waals surface area contributed by atoms with Crippen LogP contribution < -0.4 is 0 Å². The number of rotatable bonds is 4. The van der Waals surface area contributed by atoms with Crippen molar-refractivity contribution in [2.75, 3.05) is 11.5 Å². The largest absolute Gasteiger partial charge is 0.330 e. The predicted molar refractivity (Wildman–Crippen MR) is 89.7 cm³/mol.